The predicted octanol–water partition coefficient (Wildman–Crippen LogP) is 2.70. The summed E-state index contributed by atoms with van der Waals surface area (Å²) in [6.07, 6.45) is 0. The molecule has 0 atom stereocenters. The summed E-state index contributed by atoms with van der Waals surface area (Å²) < 4.78 is 0.761. The number of rotatable bonds is 5. The molecule has 19 heavy (non-hydrogen) atoms. The van der Waals surface area contributed by atoms with Crippen LogP contribution in [0.2, 0.25) is 5.02 Å². The van der Waals surface area contributed by atoms with E-state index >= 15 is 0 Å². The van der Waals surface area contributed by atoms with Gasteiger partial charge in [0.25, 0.3) is 5.91 Å². The molecule has 1 aromatic rings. The van der Waals surface area contributed by atoms with Crippen molar-refractivity contribution in [1.29, 1.82) is 0 Å². The number of carbonyl (C=O) groups excluding carboxylic acids is 2. The molecule has 0 aliphatic rings. The maximum Gasteiger partial charge on any atom is 0.253 e. The summed E-state index contributed by atoms with van der Waals surface area (Å²) in [5.74, 6) is -0.462. The predicted molar refractivity (Wildman–Crippen MR) is 79.4 cm³/mol. The fourth-order valence-electron chi connectivity index (χ4n) is 1.61. The number of likely N-dealkylation sites (N-methyl/N-ethyl adjacent to an activating group) is 1. The first-order chi connectivity index (χ1) is 8.99. The standard InChI is InChI=1S/C13H16BrClN2O2/c1-3-17(4-2)12(18)8-16-13(19)10-7-9(14)5-6-11(10)15/h5-7H,3-4,8H2,1-2H3,(H,16,19). The lowest BCUT2D eigenvalue weighted by Gasteiger charge is -2.18. The normalized spacial score (nSPS) is 10.1. The molecule has 1 aromatic carbocycles. The van der Waals surface area contributed by atoms with E-state index in [1.54, 1.807) is 23.1 Å². The van der Waals surface area contributed by atoms with Gasteiger partial charge in [0, 0.05) is 17.6 Å². The van der Waals surface area contributed by atoms with Crippen LogP contribution < -0.4 is 5.32 Å². The molecule has 104 valence electrons. The summed E-state index contributed by atoms with van der Waals surface area (Å²) in [7, 11) is 0. The van der Waals surface area contributed by atoms with Gasteiger partial charge in [0.15, 0.2) is 0 Å². The van der Waals surface area contributed by atoms with Crippen molar-refractivity contribution in [3.8, 4) is 0 Å². The van der Waals surface area contributed by atoms with Crippen LogP contribution in [0.15, 0.2) is 22.7 Å². The van der Waals surface area contributed by atoms with E-state index < -0.39 is 0 Å². The Hall–Kier alpha value is -1.07. The molecule has 0 unspecified atom stereocenters. The molecule has 0 radical (unpaired) electrons. The van der Waals surface area contributed by atoms with Crippen molar-refractivity contribution in [2.45, 2.75) is 13.8 Å². The van der Waals surface area contributed by atoms with Crippen molar-refractivity contribution >= 4 is 39.3 Å². The maximum absolute atomic E-state index is 11.9. The Morgan fingerprint density at radius 3 is 2.53 bits per heavy atom. The van der Waals surface area contributed by atoms with Gasteiger partial charge in [0.2, 0.25) is 5.91 Å². The molecule has 2 amide bonds. The van der Waals surface area contributed by atoms with E-state index in [1.165, 1.54) is 0 Å². The van der Waals surface area contributed by atoms with E-state index in [0.717, 1.165) is 4.47 Å². The summed E-state index contributed by atoms with van der Waals surface area (Å²) in [5, 5.41) is 2.94. The fourth-order valence-corrected chi connectivity index (χ4v) is 2.18. The van der Waals surface area contributed by atoms with Crippen molar-refractivity contribution in [2.24, 2.45) is 0 Å². The number of hydrogen-bond donors (Lipinski definition) is 1. The highest BCUT2D eigenvalue weighted by atomic mass is 79.9. The largest absolute Gasteiger partial charge is 0.343 e. The van der Waals surface area contributed by atoms with Gasteiger partial charge < -0.3 is 10.2 Å². The Morgan fingerprint density at radius 2 is 1.95 bits per heavy atom. The molecule has 1 rings (SSSR count). The van der Waals surface area contributed by atoms with E-state index in [4.69, 9.17) is 11.6 Å². The first-order valence-electron chi connectivity index (χ1n) is 6.00. The molecule has 0 fully saturated rings. The van der Waals surface area contributed by atoms with Gasteiger partial charge in [-0.05, 0) is 32.0 Å². The third kappa shape index (κ3) is 4.51. The second kappa shape index (κ2) is 7.50. The minimum Gasteiger partial charge on any atom is -0.343 e. The number of halogens is 2. The maximum atomic E-state index is 11.9. The first kappa shape index (κ1) is 16.0. The van der Waals surface area contributed by atoms with Crippen LogP contribution in [0.1, 0.15) is 24.2 Å². The van der Waals surface area contributed by atoms with Crippen molar-refractivity contribution < 1.29 is 9.59 Å². The molecule has 0 saturated carbocycles. The third-order valence-corrected chi connectivity index (χ3v) is 3.51. The van der Waals surface area contributed by atoms with Crippen molar-refractivity contribution in [3.05, 3.63) is 33.3 Å². The number of hydrogen-bond acceptors (Lipinski definition) is 2. The van der Waals surface area contributed by atoms with Crippen LogP contribution in [-0.2, 0) is 4.79 Å². The second-order valence-corrected chi connectivity index (χ2v) is 5.20. The number of nitrogens with one attached hydrogen (secondary N) is 1. The Morgan fingerprint density at radius 1 is 1.32 bits per heavy atom. The van der Waals surface area contributed by atoms with Crippen molar-refractivity contribution in [2.75, 3.05) is 19.6 Å². The van der Waals surface area contributed by atoms with Crippen LogP contribution in [0, 0.1) is 0 Å². The lowest BCUT2D eigenvalue weighted by Crippen LogP contribution is -2.40. The number of amides is 2. The summed E-state index contributed by atoms with van der Waals surface area (Å²) in [6.45, 7) is 5.03. The molecular weight excluding hydrogens is 332 g/mol. The highest BCUT2D eigenvalue weighted by molar-refractivity contribution is 9.10. The van der Waals surface area contributed by atoms with E-state index in [2.05, 4.69) is 21.2 Å². The van der Waals surface area contributed by atoms with Crippen LogP contribution >= 0.6 is 27.5 Å². The zero-order valence-electron chi connectivity index (χ0n) is 10.9. The van der Waals surface area contributed by atoms with Gasteiger partial charge in [0.05, 0.1) is 17.1 Å². The SMILES string of the molecule is CCN(CC)C(=O)CNC(=O)c1cc(Br)ccc1Cl. The highest BCUT2D eigenvalue weighted by Crippen LogP contribution is 2.20. The van der Waals surface area contributed by atoms with Crippen LogP contribution in [0.4, 0.5) is 0 Å². The molecule has 0 aliphatic carbocycles. The minimum atomic E-state index is -0.355. The Labute approximate surface area is 126 Å². The molecule has 6 heteroatoms. The zero-order valence-corrected chi connectivity index (χ0v) is 13.2. The molecule has 0 heterocycles. The van der Waals surface area contributed by atoms with E-state index in [-0.39, 0.29) is 18.4 Å². The Balaban J connectivity index is 2.65. The monoisotopic (exact) mass is 346 g/mol. The van der Waals surface area contributed by atoms with Gasteiger partial charge in [-0.25, -0.2) is 0 Å². The summed E-state index contributed by atoms with van der Waals surface area (Å²) in [4.78, 5) is 25.4. The summed E-state index contributed by atoms with van der Waals surface area (Å²) in [5.41, 5.74) is 0.350. The number of nitrogens with zero attached hydrogens (tertiary/aromatic N) is 1. The molecule has 0 saturated heterocycles. The van der Waals surface area contributed by atoms with Gasteiger partial charge in [0.1, 0.15) is 0 Å². The quantitative estimate of drug-likeness (QED) is 0.890. The zero-order chi connectivity index (χ0) is 14.4. The second-order valence-electron chi connectivity index (χ2n) is 3.87. The molecule has 0 aliphatic heterocycles. The van der Waals surface area contributed by atoms with Gasteiger partial charge >= 0.3 is 0 Å². The smallest absolute Gasteiger partial charge is 0.253 e. The lowest BCUT2D eigenvalue weighted by atomic mass is 10.2. The van der Waals surface area contributed by atoms with Gasteiger partial charge in [-0.2, -0.15) is 0 Å². The van der Waals surface area contributed by atoms with Crippen LogP contribution in [0.5, 0.6) is 0 Å². The first-order valence-corrected chi connectivity index (χ1v) is 7.17. The van der Waals surface area contributed by atoms with Crippen LogP contribution in [0.25, 0.3) is 0 Å². The minimum absolute atomic E-state index is 0.0244. The molecule has 0 bridgehead atoms. The lowest BCUT2D eigenvalue weighted by molar-refractivity contribution is -0.129. The third-order valence-electron chi connectivity index (χ3n) is 2.69. The van der Waals surface area contributed by atoms with Crippen LogP contribution in [0.3, 0.4) is 0 Å². The number of carbonyl (C=O) groups is 2. The topological polar surface area (TPSA) is 49.4 Å². The summed E-state index contributed by atoms with van der Waals surface area (Å²) >= 11 is 9.22. The molecule has 0 aromatic heterocycles. The molecular formula is C13H16BrClN2O2. The van der Waals surface area contributed by atoms with Crippen molar-refractivity contribution in [3.63, 3.8) is 0 Å². The van der Waals surface area contributed by atoms with Gasteiger partial charge in [-0.3, -0.25) is 9.59 Å². The van der Waals surface area contributed by atoms with E-state index in [0.29, 0.717) is 23.7 Å². The highest BCUT2D eigenvalue weighted by Gasteiger charge is 2.14. The van der Waals surface area contributed by atoms with E-state index in [9.17, 15) is 9.59 Å². The van der Waals surface area contributed by atoms with Gasteiger partial charge in [-0.1, -0.05) is 27.5 Å². The molecule has 4 nitrogen and oxygen atoms in total. The van der Waals surface area contributed by atoms with Gasteiger partial charge in [-0.15, -0.1) is 0 Å². The Kier molecular flexibility index (Phi) is 6.31. The molecule has 0 spiro atoms. The molecule has 1 N–H and O–H groups in total. The van der Waals surface area contributed by atoms with E-state index in [1.807, 2.05) is 13.8 Å². The van der Waals surface area contributed by atoms with Crippen LogP contribution in [-0.4, -0.2) is 36.3 Å². The number of benzene rings is 1. The average Bonchev–Trinajstić information content (AvgIpc) is 2.40. The summed E-state index contributed by atoms with van der Waals surface area (Å²) in [6, 6.07) is 5.01. The average molecular weight is 348 g/mol. The van der Waals surface area contributed by atoms with Crippen molar-refractivity contribution in [1.82, 2.24) is 10.2 Å². The Bertz CT molecular complexity index is 476. The fraction of sp³-hybridized carbons (Fsp3) is 0.385.